The first-order chi connectivity index (χ1) is 12.2. The zero-order chi connectivity index (χ0) is 17.6. The minimum absolute atomic E-state index is 0.00753. The summed E-state index contributed by atoms with van der Waals surface area (Å²) in [4.78, 5) is 28.9. The van der Waals surface area contributed by atoms with E-state index in [2.05, 4.69) is 15.5 Å². The van der Waals surface area contributed by atoms with Crippen molar-refractivity contribution in [2.24, 2.45) is 5.92 Å². The van der Waals surface area contributed by atoms with Crippen molar-refractivity contribution in [2.45, 2.75) is 18.9 Å². The van der Waals surface area contributed by atoms with Crippen molar-refractivity contribution in [3.63, 3.8) is 0 Å². The molecule has 2 fully saturated rings. The lowest BCUT2D eigenvalue weighted by Gasteiger charge is -2.27. The second-order valence-corrected chi connectivity index (χ2v) is 6.91. The van der Waals surface area contributed by atoms with E-state index in [4.69, 9.17) is 0 Å². The average molecular weight is 344 g/mol. The molecule has 0 aliphatic carbocycles. The molecule has 2 amide bonds. The Morgan fingerprint density at radius 3 is 2.68 bits per heavy atom. The van der Waals surface area contributed by atoms with Crippen molar-refractivity contribution in [3.05, 3.63) is 35.9 Å². The number of carbonyl (C=O) groups excluding carboxylic acids is 2. The van der Waals surface area contributed by atoms with Gasteiger partial charge in [-0.1, -0.05) is 30.3 Å². The minimum Gasteiger partial charge on any atom is -0.356 e. The van der Waals surface area contributed by atoms with E-state index in [0.717, 1.165) is 44.7 Å². The largest absolute Gasteiger partial charge is 0.356 e. The molecule has 1 aromatic rings. The van der Waals surface area contributed by atoms with Crippen LogP contribution in [0.1, 0.15) is 24.4 Å². The van der Waals surface area contributed by atoms with Crippen LogP contribution in [0.3, 0.4) is 0 Å². The average Bonchev–Trinajstić information content (AvgIpc) is 2.95. The van der Waals surface area contributed by atoms with Gasteiger partial charge < -0.3 is 20.4 Å². The molecule has 6 nitrogen and oxygen atoms in total. The van der Waals surface area contributed by atoms with E-state index in [-0.39, 0.29) is 23.8 Å². The molecule has 0 unspecified atom stereocenters. The highest BCUT2D eigenvalue weighted by molar-refractivity contribution is 5.90. The Morgan fingerprint density at radius 1 is 1.24 bits per heavy atom. The normalized spacial score (nSPS) is 24.5. The highest BCUT2D eigenvalue weighted by Crippen LogP contribution is 2.36. The standard InChI is InChI=1S/C19H28N4O2/c1-22-17(24)14-16(18(22)15-6-3-2-4-7-15)19(25)21-8-5-11-23-12-9-20-10-13-23/h2-4,6-7,16,18,20H,5,8-14H2,1H3,(H,21,25)/t16-,18-/m0/s1. The van der Waals surface area contributed by atoms with E-state index in [0.29, 0.717) is 13.0 Å². The van der Waals surface area contributed by atoms with Gasteiger partial charge in [0.05, 0.1) is 12.0 Å². The molecule has 0 radical (unpaired) electrons. The Bertz CT molecular complexity index is 586. The molecule has 0 aromatic heterocycles. The fourth-order valence-corrected chi connectivity index (χ4v) is 3.79. The van der Waals surface area contributed by atoms with Gasteiger partial charge in [0.15, 0.2) is 0 Å². The topological polar surface area (TPSA) is 64.7 Å². The number of nitrogens with zero attached hydrogens (tertiary/aromatic N) is 2. The van der Waals surface area contributed by atoms with Crippen molar-refractivity contribution in [3.8, 4) is 0 Å². The Kier molecular flexibility index (Phi) is 6.04. The molecule has 136 valence electrons. The highest BCUT2D eigenvalue weighted by atomic mass is 16.2. The van der Waals surface area contributed by atoms with Crippen molar-refractivity contribution < 1.29 is 9.59 Å². The summed E-state index contributed by atoms with van der Waals surface area (Å²) in [6.45, 7) is 5.91. The number of carbonyl (C=O) groups is 2. The number of rotatable bonds is 6. The Labute approximate surface area is 149 Å². The molecule has 2 heterocycles. The van der Waals surface area contributed by atoms with Crippen LogP contribution in [0.2, 0.25) is 0 Å². The highest BCUT2D eigenvalue weighted by Gasteiger charge is 2.42. The molecule has 2 aliphatic heterocycles. The molecule has 3 rings (SSSR count). The fourth-order valence-electron chi connectivity index (χ4n) is 3.79. The SMILES string of the molecule is CN1C(=O)C[C@H](C(=O)NCCCN2CCNCC2)[C@@H]1c1ccccc1. The lowest BCUT2D eigenvalue weighted by atomic mass is 9.93. The summed E-state index contributed by atoms with van der Waals surface area (Å²) in [6.07, 6.45) is 1.23. The number of piperazine rings is 1. The molecular formula is C19H28N4O2. The van der Waals surface area contributed by atoms with E-state index >= 15 is 0 Å². The molecule has 0 saturated carbocycles. The van der Waals surface area contributed by atoms with Gasteiger partial charge in [-0.3, -0.25) is 9.59 Å². The lowest BCUT2D eigenvalue weighted by molar-refractivity contribution is -0.128. The number of likely N-dealkylation sites (tertiary alicyclic amines) is 1. The summed E-state index contributed by atoms with van der Waals surface area (Å²) in [6, 6.07) is 9.67. The van der Waals surface area contributed by atoms with Gasteiger partial charge in [-0.05, 0) is 18.5 Å². The van der Waals surface area contributed by atoms with Crippen LogP contribution in [0.15, 0.2) is 30.3 Å². The van der Waals surface area contributed by atoms with E-state index in [1.807, 2.05) is 30.3 Å². The zero-order valence-electron chi connectivity index (χ0n) is 14.9. The van der Waals surface area contributed by atoms with Gasteiger partial charge in [0.2, 0.25) is 11.8 Å². The van der Waals surface area contributed by atoms with Crippen LogP contribution in [0, 0.1) is 5.92 Å². The van der Waals surface area contributed by atoms with Crippen LogP contribution >= 0.6 is 0 Å². The van der Waals surface area contributed by atoms with Crippen LogP contribution in [-0.4, -0.2) is 67.9 Å². The van der Waals surface area contributed by atoms with Crippen LogP contribution in [0.4, 0.5) is 0 Å². The first-order valence-corrected chi connectivity index (χ1v) is 9.18. The summed E-state index contributed by atoms with van der Waals surface area (Å²) >= 11 is 0. The van der Waals surface area contributed by atoms with Gasteiger partial charge in [-0.25, -0.2) is 0 Å². The molecule has 6 heteroatoms. The molecule has 2 N–H and O–H groups in total. The van der Waals surface area contributed by atoms with E-state index in [1.165, 1.54) is 0 Å². The van der Waals surface area contributed by atoms with Gasteiger partial charge in [0.25, 0.3) is 0 Å². The third-order valence-corrected chi connectivity index (χ3v) is 5.22. The number of hydrogen-bond acceptors (Lipinski definition) is 4. The van der Waals surface area contributed by atoms with Crippen molar-refractivity contribution >= 4 is 11.8 Å². The fraction of sp³-hybridized carbons (Fsp3) is 0.579. The summed E-state index contributed by atoms with van der Waals surface area (Å²) in [5, 5.41) is 6.39. The van der Waals surface area contributed by atoms with Crippen LogP contribution in [0.5, 0.6) is 0 Å². The molecule has 2 saturated heterocycles. The molecule has 0 bridgehead atoms. The molecule has 1 aromatic carbocycles. The van der Waals surface area contributed by atoms with Crippen molar-refractivity contribution in [1.29, 1.82) is 0 Å². The minimum atomic E-state index is -0.306. The summed E-state index contributed by atoms with van der Waals surface area (Å²) in [5.41, 5.74) is 1.02. The van der Waals surface area contributed by atoms with E-state index < -0.39 is 0 Å². The Morgan fingerprint density at radius 2 is 1.96 bits per heavy atom. The second kappa shape index (κ2) is 8.45. The maximum Gasteiger partial charge on any atom is 0.226 e. The van der Waals surface area contributed by atoms with Crippen molar-refractivity contribution in [2.75, 3.05) is 46.3 Å². The Balaban J connectivity index is 1.52. The molecular weight excluding hydrogens is 316 g/mol. The first kappa shape index (κ1) is 17.9. The zero-order valence-corrected chi connectivity index (χ0v) is 14.9. The van der Waals surface area contributed by atoms with Crippen LogP contribution in [0.25, 0.3) is 0 Å². The lowest BCUT2D eigenvalue weighted by Crippen LogP contribution is -2.44. The Hall–Kier alpha value is -1.92. The van der Waals surface area contributed by atoms with Gasteiger partial charge in [0, 0.05) is 46.2 Å². The second-order valence-electron chi connectivity index (χ2n) is 6.91. The van der Waals surface area contributed by atoms with Crippen LogP contribution in [-0.2, 0) is 9.59 Å². The number of nitrogens with one attached hydrogen (secondary N) is 2. The summed E-state index contributed by atoms with van der Waals surface area (Å²) in [7, 11) is 1.79. The van der Waals surface area contributed by atoms with Gasteiger partial charge >= 0.3 is 0 Å². The molecule has 0 spiro atoms. The number of hydrogen-bond donors (Lipinski definition) is 2. The maximum atomic E-state index is 12.7. The van der Waals surface area contributed by atoms with Crippen molar-refractivity contribution in [1.82, 2.24) is 20.4 Å². The molecule has 2 aliphatic rings. The van der Waals surface area contributed by atoms with Gasteiger partial charge in [0.1, 0.15) is 0 Å². The summed E-state index contributed by atoms with van der Waals surface area (Å²) < 4.78 is 0. The third kappa shape index (κ3) is 4.38. The van der Waals surface area contributed by atoms with Gasteiger partial charge in [-0.2, -0.15) is 0 Å². The van der Waals surface area contributed by atoms with E-state index in [9.17, 15) is 9.59 Å². The maximum absolute atomic E-state index is 12.7. The monoisotopic (exact) mass is 344 g/mol. The predicted octanol–water partition coefficient (Wildman–Crippen LogP) is 0.618. The predicted molar refractivity (Wildman–Crippen MR) is 97.0 cm³/mol. The third-order valence-electron chi connectivity index (χ3n) is 5.22. The molecule has 25 heavy (non-hydrogen) atoms. The quantitative estimate of drug-likeness (QED) is 0.743. The van der Waals surface area contributed by atoms with E-state index in [1.54, 1.807) is 11.9 Å². The smallest absolute Gasteiger partial charge is 0.226 e. The van der Waals surface area contributed by atoms with Gasteiger partial charge in [-0.15, -0.1) is 0 Å². The van der Waals surface area contributed by atoms with Crippen LogP contribution < -0.4 is 10.6 Å². The number of benzene rings is 1. The molecule has 2 atom stereocenters. The number of amides is 2. The first-order valence-electron chi connectivity index (χ1n) is 9.18. The summed E-state index contributed by atoms with van der Waals surface area (Å²) in [5.74, 6) is -0.277.